The Bertz CT molecular complexity index is 944. The number of nitrogens with one attached hydrogen (secondary N) is 1. The van der Waals surface area contributed by atoms with Crippen LogP contribution in [0.2, 0.25) is 5.02 Å². The normalized spacial score (nSPS) is 12.5. The monoisotopic (exact) mass is 399 g/mol. The van der Waals surface area contributed by atoms with Crippen molar-refractivity contribution in [3.63, 3.8) is 0 Å². The Hall–Kier alpha value is -2.29. The van der Waals surface area contributed by atoms with Crippen LogP contribution in [-0.4, -0.2) is 33.3 Å². The summed E-state index contributed by atoms with van der Waals surface area (Å²) in [5.41, 5.74) is -0.0222. The summed E-state index contributed by atoms with van der Waals surface area (Å²) >= 11 is 5.94. The third-order valence-corrected chi connectivity index (χ3v) is 5.26. The van der Waals surface area contributed by atoms with E-state index in [-0.39, 0.29) is 21.0 Å². The van der Waals surface area contributed by atoms with Gasteiger partial charge in [0.05, 0.1) is 15.5 Å². The molecular formula is C17H15ClFNO5S. The molecule has 26 heavy (non-hydrogen) atoms. The zero-order valence-electron chi connectivity index (χ0n) is 13.8. The number of benzene rings is 2. The molecule has 138 valence electrons. The summed E-state index contributed by atoms with van der Waals surface area (Å²) in [4.78, 5) is 24.4. The average molecular weight is 400 g/mol. The van der Waals surface area contributed by atoms with Crippen LogP contribution >= 0.6 is 11.6 Å². The quantitative estimate of drug-likeness (QED) is 0.596. The molecule has 0 aliphatic heterocycles. The molecule has 2 aromatic rings. The van der Waals surface area contributed by atoms with Crippen LogP contribution in [0.4, 0.5) is 4.39 Å². The van der Waals surface area contributed by atoms with Gasteiger partial charge >= 0.3 is 5.97 Å². The number of sulfonamides is 1. The summed E-state index contributed by atoms with van der Waals surface area (Å²) in [7, 11) is -2.55. The number of hydrogen-bond acceptors (Lipinski definition) is 5. The van der Waals surface area contributed by atoms with Gasteiger partial charge in [-0.25, -0.2) is 22.3 Å². The van der Waals surface area contributed by atoms with Gasteiger partial charge < -0.3 is 4.74 Å². The molecule has 0 aliphatic rings. The highest BCUT2D eigenvalue weighted by Gasteiger charge is 2.23. The molecule has 6 nitrogen and oxygen atoms in total. The Morgan fingerprint density at radius 1 is 1.15 bits per heavy atom. The van der Waals surface area contributed by atoms with Crippen LogP contribution < -0.4 is 4.72 Å². The number of Topliss-reactive ketones (excluding diaryl/α,β-unsaturated/α-hetero) is 1. The molecule has 9 heteroatoms. The van der Waals surface area contributed by atoms with Crippen LogP contribution in [0, 0.1) is 5.82 Å². The third kappa shape index (κ3) is 4.46. The van der Waals surface area contributed by atoms with E-state index in [9.17, 15) is 22.4 Å². The van der Waals surface area contributed by atoms with Crippen molar-refractivity contribution in [3.8, 4) is 0 Å². The molecule has 2 rings (SSSR count). The van der Waals surface area contributed by atoms with Crippen molar-refractivity contribution >= 4 is 33.4 Å². The van der Waals surface area contributed by atoms with Crippen molar-refractivity contribution in [1.82, 2.24) is 4.72 Å². The van der Waals surface area contributed by atoms with Crippen molar-refractivity contribution in [3.05, 3.63) is 64.4 Å². The van der Waals surface area contributed by atoms with Gasteiger partial charge in [0, 0.05) is 5.56 Å². The van der Waals surface area contributed by atoms with Crippen LogP contribution in [0.15, 0.2) is 47.4 Å². The summed E-state index contributed by atoms with van der Waals surface area (Å²) in [6, 6.07) is 8.32. The van der Waals surface area contributed by atoms with Crippen molar-refractivity contribution in [2.75, 3.05) is 7.05 Å². The molecule has 2 aromatic carbocycles. The predicted molar refractivity (Wildman–Crippen MR) is 93.3 cm³/mol. The van der Waals surface area contributed by atoms with Crippen molar-refractivity contribution in [2.24, 2.45) is 0 Å². The minimum atomic E-state index is -3.78. The lowest BCUT2D eigenvalue weighted by Gasteiger charge is -2.14. The summed E-state index contributed by atoms with van der Waals surface area (Å²) in [6.07, 6.45) is -1.17. The van der Waals surface area contributed by atoms with E-state index >= 15 is 0 Å². The van der Waals surface area contributed by atoms with E-state index in [4.69, 9.17) is 16.3 Å². The van der Waals surface area contributed by atoms with E-state index in [2.05, 4.69) is 4.72 Å². The highest BCUT2D eigenvalue weighted by Crippen LogP contribution is 2.22. The zero-order chi connectivity index (χ0) is 19.5. The van der Waals surface area contributed by atoms with Gasteiger partial charge in [-0.3, -0.25) is 4.79 Å². The first-order chi connectivity index (χ1) is 12.2. The van der Waals surface area contributed by atoms with E-state index < -0.39 is 33.7 Å². The van der Waals surface area contributed by atoms with Gasteiger partial charge in [0.2, 0.25) is 15.8 Å². The second-order valence-electron chi connectivity index (χ2n) is 5.27. The highest BCUT2D eigenvalue weighted by atomic mass is 35.5. The fourth-order valence-electron chi connectivity index (χ4n) is 2.07. The number of carbonyl (C=O) groups is 2. The molecule has 0 spiro atoms. The maximum Gasteiger partial charge on any atom is 0.340 e. The van der Waals surface area contributed by atoms with Gasteiger partial charge in [0.25, 0.3) is 0 Å². The molecule has 0 saturated carbocycles. The van der Waals surface area contributed by atoms with Gasteiger partial charge in [-0.1, -0.05) is 11.6 Å². The summed E-state index contributed by atoms with van der Waals surface area (Å²) in [5, 5.41) is -0.0218. The van der Waals surface area contributed by atoms with Gasteiger partial charge in [0.15, 0.2) is 6.10 Å². The molecule has 0 aromatic heterocycles. The topological polar surface area (TPSA) is 89.5 Å². The van der Waals surface area contributed by atoms with E-state index in [1.54, 1.807) is 0 Å². The Labute approximate surface area is 155 Å². The number of esters is 1. The molecule has 0 radical (unpaired) electrons. The van der Waals surface area contributed by atoms with Crippen LogP contribution in [0.1, 0.15) is 27.6 Å². The molecule has 0 fully saturated rings. The Kier molecular flexibility index (Phi) is 6.12. The highest BCUT2D eigenvalue weighted by molar-refractivity contribution is 7.89. The fourth-order valence-corrected chi connectivity index (χ4v) is 3.02. The summed E-state index contributed by atoms with van der Waals surface area (Å²) in [6.45, 7) is 1.35. The first-order valence-electron chi connectivity index (χ1n) is 7.39. The maximum absolute atomic E-state index is 12.9. The Morgan fingerprint density at radius 3 is 2.35 bits per heavy atom. The Morgan fingerprint density at radius 2 is 1.77 bits per heavy atom. The van der Waals surface area contributed by atoms with Gasteiger partial charge in [-0.05, 0) is 56.4 Å². The maximum atomic E-state index is 12.9. The largest absolute Gasteiger partial charge is 0.451 e. The lowest BCUT2D eigenvalue weighted by molar-refractivity contribution is 0.0318. The number of ketones is 1. The smallest absolute Gasteiger partial charge is 0.340 e. The average Bonchev–Trinajstić information content (AvgIpc) is 2.61. The van der Waals surface area contributed by atoms with Crippen LogP contribution in [0.25, 0.3) is 0 Å². The standard InChI is InChI=1S/C17H15ClFNO5S/c1-10(16(21)11-3-5-12(19)6-4-11)25-17(22)14-9-13(7-8-15(14)18)26(23,24)20-2/h3-10,20H,1-2H3/t10-/m1/s1. The fraction of sp³-hybridized carbons (Fsp3) is 0.176. The number of ether oxygens (including phenoxy) is 1. The summed E-state index contributed by atoms with van der Waals surface area (Å²) < 4.78 is 43.8. The minimum Gasteiger partial charge on any atom is -0.451 e. The lowest BCUT2D eigenvalue weighted by atomic mass is 10.1. The molecule has 0 heterocycles. The lowest BCUT2D eigenvalue weighted by Crippen LogP contribution is -2.25. The molecule has 0 saturated heterocycles. The van der Waals surface area contributed by atoms with Crippen molar-refractivity contribution in [2.45, 2.75) is 17.9 Å². The molecule has 0 bridgehead atoms. The SMILES string of the molecule is CNS(=O)(=O)c1ccc(Cl)c(C(=O)O[C@H](C)C(=O)c2ccc(F)cc2)c1. The van der Waals surface area contributed by atoms with E-state index in [0.29, 0.717) is 0 Å². The van der Waals surface area contributed by atoms with Crippen LogP contribution in [0.3, 0.4) is 0 Å². The van der Waals surface area contributed by atoms with E-state index in [0.717, 1.165) is 18.2 Å². The second kappa shape index (κ2) is 7.94. The summed E-state index contributed by atoms with van der Waals surface area (Å²) in [5.74, 6) is -1.99. The molecule has 0 unspecified atom stereocenters. The van der Waals surface area contributed by atoms with Gasteiger partial charge in [0.1, 0.15) is 5.82 Å². The molecule has 1 atom stereocenters. The first-order valence-corrected chi connectivity index (χ1v) is 9.25. The first kappa shape index (κ1) is 20.0. The molecule has 0 amide bonds. The Balaban J connectivity index is 2.22. The molecular weight excluding hydrogens is 385 g/mol. The van der Waals surface area contributed by atoms with Crippen LogP contribution in [-0.2, 0) is 14.8 Å². The van der Waals surface area contributed by atoms with E-state index in [1.807, 2.05) is 0 Å². The second-order valence-corrected chi connectivity index (χ2v) is 7.56. The number of hydrogen-bond donors (Lipinski definition) is 1. The van der Waals surface area contributed by atoms with Gasteiger partial charge in [-0.15, -0.1) is 0 Å². The zero-order valence-corrected chi connectivity index (χ0v) is 15.4. The molecule has 0 aliphatic carbocycles. The number of halogens is 2. The number of rotatable bonds is 6. The van der Waals surface area contributed by atoms with Crippen molar-refractivity contribution in [1.29, 1.82) is 0 Å². The third-order valence-electron chi connectivity index (χ3n) is 3.52. The minimum absolute atomic E-state index is 0.0218. The predicted octanol–water partition coefficient (Wildman–Crippen LogP) is 2.82. The van der Waals surface area contributed by atoms with Crippen molar-refractivity contribution < 1.29 is 27.1 Å². The van der Waals surface area contributed by atoms with E-state index in [1.165, 1.54) is 38.2 Å². The number of carbonyl (C=O) groups excluding carboxylic acids is 2. The molecule has 1 N–H and O–H groups in total. The van der Waals surface area contributed by atoms with Crippen LogP contribution in [0.5, 0.6) is 0 Å². The van der Waals surface area contributed by atoms with Gasteiger partial charge in [-0.2, -0.15) is 0 Å².